The van der Waals surface area contributed by atoms with Crippen molar-refractivity contribution >= 4 is 10.8 Å². The molecule has 0 spiro atoms. The maximum Gasteiger partial charge on any atom is 0.131 e. The molecule has 0 bridgehead atoms. The van der Waals surface area contributed by atoms with E-state index in [1.807, 2.05) is 30.3 Å². The highest BCUT2D eigenvalue weighted by molar-refractivity contribution is 5.86. The van der Waals surface area contributed by atoms with Crippen molar-refractivity contribution in [2.75, 3.05) is 0 Å². The fourth-order valence-electron chi connectivity index (χ4n) is 1.63. The van der Waals surface area contributed by atoms with Gasteiger partial charge < -0.3 is 0 Å². The second-order valence-electron chi connectivity index (χ2n) is 3.11. The third-order valence-electron chi connectivity index (χ3n) is 2.34. The fraction of sp³-hybridized carbons (Fsp3) is 0.167. The number of hydrogen-bond donors (Lipinski definition) is 0. The van der Waals surface area contributed by atoms with Gasteiger partial charge >= 0.3 is 0 Å². The molecule has 0 saturated carbocycles. The summed E-state index contributed by atoms with van der Waals surface area (Å²) < 4.78 is 13.3. The molecule has 2 aromatic carbocycles. The lowest BCUT2D eigenvalue weighted by atomic mass is 10.0. The molecule has 0 heterocycles. The van der Waals surface area contributed by atoms with Crippen LogP contribution in [0, 0.1) is 5.82 Å². The summed E-state index contributed by atoms with van der Waals surface area (Å²) in [5.41, 5.74) is 1.21. The van der Waals surface area contributed by atoms with Crippen molar-refractivity contribution < 1.29 is 4.39 Å². The average Bonchev–Trinajstić information content (AvgIpc) is 2.19. The van der Waals surface area contributed by atoms with E-state index in [-0.39, 0.29) is 5.82 Å². The van der Waals surface area contributed by atoms with Crippen molar-refractivity contribution in [2.24, 2.45) is 0 Å². The largest absolute Gasteiger partial charge is 0.206 e. The highest BCUT2D eigenvalue weighted by Crippen LogP contribution is 2.21. The van der Waals surface area contributed by atoms with Crippen molar-refractivity contribution in [2.45, 2.75) is 13.3 Å². The quantitative estimate of drug-likeness (QED) is 0.620. The van der Waals surface area contributed by atoms with Gasteiger partial charge in [0, 0.05) is 5.39 Å². The Kier molecular flexibility index (Phi) is 2.01. The zero-order valence-corrected chi connectivity index (χ0v) is 7.55. The van der Waals surface area contributed by atoms with E-state index in [1.165, 1.54) is 5.56 Å². The topological polar surface area (TPSA) is 0 Å². The molecule has 0 nitrogen and oxygen atoms in total. The minimum absolute atomic E-state index is 0.132. The van der Waals surface area contributed by atoms with Crippen LogP contribution in [-0.2, 0) is 6.42 Å². The smallest absolute Gasteiger partial charge is 0.131 e. The molecule has 13 heavy (non-hydrogen) atoms. The van der Waals surface area contributed by atoms with Crippen molar-refractivity contribution in [1.29, 1.82) is 0 Å². The Labute approximate surface area is 77.0 Å². The fourth-order valence-corrected chi connectivity index (χ4v) is 1.63. The van der Waals surface area contributed by atoms with E-state index in [1.54, 1.807) is 6.07 Å². The van der Waals surface area contributed by atoms with Gasteiger partial charge in [-0.25, -0.2) is 4.39 Å². The van der Waals surface area contributed by atoms with Crippen LogP contribution in [0.4, 0.5) is 4.39 Å². The Balaban J connectivity index is 2.84. The lowest BCUT2D eigenvalue weighted by Gasteiger charge is -2.04. The van der Waals surface area contributed by atoms with E-state index in [0.29, 0.717) is 0 Å². The van der Waals surface area contributed by atoms with Crippen LogP contribution in [0.15, 0.2) is 36.4 Å². The van der Waals surface area contributed by atoms with Gasteiger partial charge in [-0.3, -0.25) is 0 Å². The van der Waals surface area contributed by atoms with Gasteiger partial charge in [0.1, 0.15) is 5.82 Å². The minimum Gasteiger partial charge on any atom is -0.206 e. The van der Waals surface area contributed by atoms with Gasteiger partial charge in [-0.2, -0.15) is 0 Å². The summed E-state index contributed by atoms with van der Waals surface area (Å²) in [6.07, 6.45) is 0.945. The minimum atomic E-state index is -0.132. The first kappa shape index (κ1) is 8.24. The SMILES string of the molecule is CCc1ccc(F)c2ccccc12. The van der Waals surface area contributed by atoms with Crippen molar-refractivity contribution in [3.63, 3.8) is 0 Å². The average molecular weight is 174 g/mol. The lowest BCUT2D eigenvalue weighted by molar-refractivity contribution is 0.639. The van der Waals surface area contributed by atoms with Gasteiger partial charge in [0.05, 0.1) is 0 Å². The molecule has 0 atom stereocenters. The third kappa shape index (κ3) is 1.31. The van der Waals surface area contributed by atoms with E-state index >= 15 is 0 Å². The van der Waals surface area contributed by atoms with E-state index in [4.69, 9.17) is 0 Å². The molecule has 0 radical (unpaired) electrons. The van der Waals surface area contributed by atoms with Crippen molar-refractivity contribution in [3.8, 4) is 0 Å². The monoisotopic (exact) mass is 174 g/mol. The summed E-state index contributed by atoms with van der Waals surface area (Å²) in [6, 6.07) is 11.0. The summed E-state index contributed by atoms with van der Waals surface area (Å²) in [7, 11) is 0. The Morgan fingerprint density at radius 1 is 1.00 bits per heavy atom. The Bertz CT molecular complexity index is 432. The molecule has 0 fully saturated rings. The zero-order chi connectivity index (χ0) is 9.26. The van der Waals surface area contributed by atoms with Crippen LogP contribution in [-0.4, -0.2) is 0 Å². The van der Waals surface area contributed by atoms with Gasteiger partial charge in [0.25, 0.3) is 0 Å². The summed E-state index contributed by atoms with van der Waals surface area (Å²) in [6.45, 7) is 2.08. The molecule has 0 aliphatic heterocycles. The highest BCUT2D eigenvalue weighted by Gasteiger charge is 2.02. The van der Waals surface area contributed by atoms with Gasteiger partial charge in [0.2, 0.25) is 0 Å². The number of halogens is 1. The van der Waals surface area contributed by atoms with Gasteiger partial charge in [0.15, 0.2) is 0 Å². The van der Waals surface area contributed by atoms with E-state index in [2.05, 4.69) is 6.92 Å². The maximum atomic E-state index is 13.3. The molecule has 2 aromatic rings. The molecular weight excluding hydrogens is 163 g/mol. The number of hydrogen-bond acceptors (Lipinski definition) is 0. The van der Waals surface area contributed by atoms with Crippen LogP contribution >= 0.6 is 0 Å². The molecule has 0 saturated heterocycles. The Hall–Kier alpha value is -1.37. The number of rotatable bonds is 1. The van der Waals surface area contributed by atoms with Crippen LogP contribution in [0.5, 0.6) is 0 Å². The molecule has 66 valence electrons. The standard InChI is InChI=1S/C12H11F/c1-2-9-7-8-12(13)11-6-4-3-5-10(9)11/h3-8H,2H2,1H3. The number of fused-ring (bicyclic) bond motifs is 1. The first-order valence-electron chi connectivity index (χ1n) is 4.49. The Morgan fingerprint density at radius 3 is 2.38 bits per heavy atom. The number of aryl methyl sites for hydroxylation is 1. The molecule has 2 rings (SSSR count). The molecular formula is C12H11F. The second kappa shape index (κ2) is 3.17. The van der Waals surface area contributed by atoms with Crippen LogP contribution < -0.4 is 0 Å². The molecule has 0 aliphatic carbocycles. The van der Waals surface area contributed by atoms with E-state index in [0.717, 1.165) is 17.2 Å². The molecule has 0 N–H and O–H groups in total. The van der Waals surface area contributed by atoms with Crippen LogP contribution in [0.1, 0.15) is 12.5 Å². The second-order valence-corrected chi connectivity index (χ2v) is 3.11. The van der Waals surface area contributed by atoms with Crippen molar-refractivity contribution in [3.05, 3.63) is 47.8 Å². The van der Waals surface area contributed by atoms with Crippen LogP contribution in [0.3, 0.4) is 0 Å². The summed E-state index contributed by atoms with van der Waals surface area (Å²) >= 11 is 0. The zero-order valence-electron chi connectivity index (χ0n) is 7.55. The molecule has 0 aromatic heterocycles. The third-order valence-corrected chi connectivity index (χ3v) is 2.34. The summed E-state index contributed by atoms with van der Waals surface area (Å²) in [4.78, 5) is 0. The van der Waals surface area contributed by atoms with Gasteiger partial charge in [-0.1, -0.05) is 37.3 Å². The first-order chi connectivity index (χ1) is 6.33. The highest BCUT2D eigenvalue weighted by atomic mass is 19.1. The van der Waals surface area contributed by atoms with E-state index in [9.17, 15) is 4.39 Å². The molecule has 1 heteroatoms. The Morgan fingerprint density at radius 2 is 1.69 bits per heavy atom. The van der Waals surface area contributed by atoms with Gasteiger partial charge in [-0.15, -0.1) is 0 Å². The van der Waals surface area contributed by atoms with Gasteiger partial charge in [-0.05, 0) is 23.4 Å². The summed E-state index contributed by atoms with van der Waals surface area (Å²) in [5, 5.41) is 1.76. The van der Waals surface area contributed by atoms with E-state index < -0.39 is 0 Å². The summed E-state index contributed by atoms with van der Waals surface area (Å²) in [5.74, 6) is -0.132. The number of benzene rings is 2. The first-order valence-corrected chi connectivity index (χ1v) is 4.49. The molecule has 0 unspecified atom stereocenters. The van der Waals surface area contributed by atoms with Crippen LogP contribution in [0.25, 0.3) is 10.8 Å². The lowest BCUT2D eigenvalue weighted by Crippen LogP contribution is -1.86. The molecule has 0 aliphatic rings. The van der Waals surface area contributed by atoms with Crippen molar-refractivity contribution in [1.82, 2.24) is 0 Å². The molecule has 0 amide bonds. The predicted octanol–water partition coefficient (Wildman–Crippen LogP) is 3.54. The normalized spacial score (nSPS) is 10.6. The predicted molar refractivity (Wildman–Crippen MR) is 53.3 cm³/mol. The van der Waals surface area contributed by atoms with Crippen LogP contribution in [0.2, 0.25) is 0 Å². The maximum absolute atomic E-state index is 13.3.